The monoisotopic (exact) mass is 509 g/mol. The number of esters is 1. The highest BCUT2D eigenvalue weighted by atomic mass is 16.6. The summed E-state index contributed by atoms with van der Waals surface area (Å²) in [6, 6.07) is -0.348. The van der Waals surface area contributed by atoms with E-state index in [9.17, 15) is 15.0 Å². The maximum atomic E-state index is 13.1. The topological polar surface area (TPSA) is 107 Å². The average molecular weight is 510 g/mol. The van der Waals surface area contributed by atoms with Crippen molar-refractivity contribution in [2.24, 2.45) is 34.5 Å². The van der Waals surface area contributed by atoms with Crippen LogP contribution in [0.4, 0.5) is 0 Å². The van der Waals surface area contributed by atoms with Gasteiger partial charge in [0.15, 0.2) is 0 Å². The summed E-state index contributed by atoms with van der Waals surface area (Å²) < 4.78 is 30.5. The maximum Gasteiger partial charge on any atom is 0.302 e. The van der Waals surface area contributed by atoms with Gasteiger partial charge in [0.1, 0.15) is 17.3 Å². The molecule has 36 heavy (non-hydrogen) atoms. The van der Waals surface area contributed by atoms with Gasteiger partial charge in [-0.25, -0.2) is 0 Å². The summed E-state index contributed by atoms with van der Waals surface area (Å²) in [6.45, 7) is 5.62. The Morgan fingerprint density at radius 2 is 1.86 bits per heavy atom. The first-order valence-electron chi connectivity index (χ1n) is 13.6. The Balaban J connectivity index is 1.66. The minimum absolute atomic E-state index is 0.0248. The van der Waals surface area contributed by atoms with Crippen LogP contribution in [0.25, 0.3) is 0 Å². The average Bonchev–Trinajstić information content (AvgIpc) is 3.23. The third kappa shape index (κ3) is 2.55. The van der Waals surface area contributed by atoms with Crippen LogP contribution < -0.4 is 0 Å². The van der Waals surface area contributed by atoms with Crippen molar-refractivity contribution in [3.8, 4) is 0 Å². The van der Waals surface area contributed by atoms with E-state index in [2.05, 4.69) is 11.8 Å². The third-order valence-electron chi connectivity index (χ3n) is 11.8. The first-order valence-corrected chi connectivity index (χ1v) is 13.6. The fourth-order valence-electron chi connectivity index (χ4n) is 11.3. The van der Waals surface area contributed by atoms with Gasteiger partial charge in [-0.15, -0.1) is 0 Å². The van der Waals surface area contributed by atoms with Gasteiger partial charge in [0.25, 0.3) is 0 Å². The highest BCUT2D eigenvalue weighted by molar-refractivity contribution is 5.66. The number of rotatable bonds is 7. The quantitative estimate of drug-likeness (QED) is 0.483. The van der Waals surface area contributed by atoms with Gasteiger partial charge in [0.2, 0.25) is 0 Å². The number of aliphatic hydroxyl groups is 2. The Bertz CT molecular complexity index is 918. The summed E-state index contributed by atoms with van der Waals surface area (Å²) in [4.78, 5) is 14.7. The number of likely N-dealkylation sites (N-methyl/N-ethyl adjacent to an activating group) is 1. The second-order valence-electron chi connectivity index (χ2n) is 12.5. The second kappa shape index (κ2) is 8.10. The van der Waals surface area contributed by atoms with Crippen LogP contribution in [-0.2, 0) is 28.5 Å². The van der Waals surface area contributed by atoms with Gasteiger partial charge in [0.05, 0.1) is 31.0 Å². The van der Waals surface area contributed by atoms with E-state index in [1.165, 1.54) is 6.92 Å². The minimum atomic E-state index is -1.59. The van der Waals surface area contributed by atoms with Gasteiger partial charge in [-0.1, -0.05) is 6.92 Å². The molecule has 0 aromatic carbocycles. The van der Waals surface area contributed by atoms with Gasteiger partial charge in [-0.2, -0.15) is 0 Å². The molecule has 1 aliphatic heterocycles. The zero-order valence-corrected chi connectivity index (χ0v) is 22.4. The van der Waals surface area contributed by atoms with Crippen molar-refractivity contribution in [2.45, 2.75) is 81.2 Å². The molecule has 7 bridgehead atoms. The van der Waals surface area contributed by atoms with Crippen LogP contribution in [-0.4, -0.2) is 111 Å². The summed E-state index contributed by atoms with van der Waals surface area (Å²) in [7, 11) is 6.83. The molecule has 9 heteroatoms. The highest BCUT2D eigenvalue weighted by Crippen LogP contribution is 2.80. The molecule has 1 unspecified atom stereocenters. The Hall–Kier alpha value is -0.810. The fraction of sp³-hybridized carbons (Fsp3) is 0.963. The van der Waals surface area contributed by atoms with E-state index in [4.69, 9.17) is 23.7 Å². The van der Waals surface area contributed by atoms with Crippen LogP contribution in [0.15, 0.2) is 0 Å². The molecule has 9 nitrogen and oxygen atoms in total. The summed E-state index contributed by atoms with van der Waals surface area (Å²) in [5, 5.41) is 26.0. The van der Waals surface area contributed by atoms with E-state index in [0.29, 0.717) is 6.61 Å². The van der Waals surface area contributed by atoms with Crippen molar-refractivity contribution in [1.82, 2.24) is 4.90 Å². The molecule has 0 aromatic rings. The lowest BCUT2D eigenvalue weighted by Gasteiger charge is -2.70. The van der Waals surface area contributed by atoms with Crippen molar-refractivity contribution in [2.75, 3.05) is 48.1 Å². The molecule has 1 saturated heterocycles. The van der Waals surface area contributed by atoms with Crippen LogP contribution in [0.1, 0.15) is 39.5 Å². The predicted octanol–water partition coefficient (Wildman–Crippen LogP) is 0.842. The first-order chi connectivity index (χ1) is 17.2. The highest BCUT2D eigenvalue weighted by Gasteiger charge is 2.91. The van der Waals surface area contributed by atoms with Crippen molar-refractivity contribution in [3.05, 3.63) is 0 Å². The molecule has 1 heterocycles. The minimum Gasteiger partial charge on any atom is -0.462 e. The van der Waals surface area contributed by atoms with Gasteiger partial charge < -0.3 is 33.9 Å². The number of carbonyl (C=O) groups excluding carboxylic acids is 1. The second-order valence-corrected chi connectivity index (χ2v) is 12.5. The van der Waals surface area contributed by atoms with E-state index < -0.39 is 34.7 Å². The number of ether oxygens (including phenoxy) is 5. The molecule has 6 rings (SSSR count). The molecule has 6 aliphatic rings. The van der Waals surface area contributed by atoms with Gasteiger partial charge in [-0.05, 0) is 31.7 Å². The smallest absolute Gasteiger partial charge is 0.302 e. The normalized spacial score (nSPS) is 56.6. The van der Waals surface area contributed by atoms with Crippen LogP contribution in [0.3, 0.4) is 0 Å². The van der Waals surface area contributed by atoms with Gasteiger partial charge in [0, 0.05) is 76.9 Å². The van der Waals surface area contributed by atoms with Crippen molar-refractivity contribution in [1.29, 1.82) is 0 Å². The molecule has 5 aliphatic carbocycles. The number of methoxy groups -OCH3 is 4. The zero-order chi connectivity index (χ0) is 25.8. The Morgan fingerprint density at radius 3 is 2.44 bits per heavy atom. The number of hydrogen-bond donors (Lipinski definition) is 2. The number of piperidine rings is 1. The van der Waals surface area contributed by atoms with Crippen LogP contribution in [0, 0.1) is 34.5 Å². The summed E-state index contributed by atoms with van der Waals surface area (Å²) in [6.07, 6.45) is 1.20. The van der Waals surface area contributed by atoms with E-state index in [0.717, 1.165) is 32.4 Å². The molecule has 13 atom stereocenters. The summed E-state index contributed by atoms with van der Waals surface area (Å²) >= 11 is 0. The molecule has 5 saturated carbocycles. The first kappa shape index (κ1) is 25.5. The predicted molar refractivity (Wildman–Crippen MR) is 128 cm³/mol. The number of nitrogens with zero attached hydrogens (tertiary/aromatic N) is 1. The molecular weight excluding hydrogens is 466 g/mol. The summed E-state index contributed by atoms with van der Waals surface area (Å²) in [5.41, 5.74) is -3.87. The molecule has 0 amide bonds. The zero-order valence-electron chi connectivity index (χ0n) is 22.4. The van der Waals surface area contributed by atoms with Crippen LogP contribution in [0.5, 0.6) is 0 Å². The van der Waals surface area contributed by atoms with E-state index >= 15 is 0 Å². The maximum absolute atomic E-state index is 13.1. The van der Waals surface area contributed by atoms with Crippen molar-refractivity contribution < 1.29 is 38.7 Å². The van der Waals surface area contributed by atoms with Gasteiger partial charge in [-0.3, -0.25) is 9.69 Å². The Kier molecular flexibility index (Phi) is 5.73. The lowest BCUT2D eigenvalue weighted by atomic mass is 9.42. The molecule has 1 spiro atoms. The fourth-order valence-corrected chi connectivity index (χ4v) is 11.3. The number of carbonyl (C=O) groups is 1. The van der Waals surface area contributed by atoms with E-state index in [1.807, 2.05) is 0 Å². The largest absolute Gasteiger partial charge is 0.462 e. The number of fused-ring (bicyclic) bond motifs is 2. The molecular formula is C27H43NO8. The van der Waals surface area contributed by atoms with Crippen molar-refractivity contribution in [3.63, 3.8) is 0 Å². The Labute approximate surface area is 213 Å². The van der Waals surface area contributed by atoms with E-state index in [1.54, 1.807) is 28.4 Å². The summed E-state index contributed by atoms with van der Waals surface area (Å²) in [5.74, 6) is -0.924. The SMILES string of the molecule is CCN1C[C@]2(COC)CC[C@H](OC)[C@]34C1[C@@](O)([C@@H](OC)[C@H]23)[C@@]1(O)C[C@H](OC)[C@@H]2C[C@@H]4[C@@H]1[C@H]2OC(C)=O. The number of hydrogen-bond acceptors (Lipinski definition) is 9. The third-order valence-corrected chi connectivity index (χ3v) is 11.8. The van der Waals surface area contributed by atoms with E-state index in [-0.39, 0.29) is 53.8 Å². The van der Waals surface area contributed by atoms with Crippen molar-refractivity contribution >= 4 is 5.97 Å². The lowest BCUT2D eigenvalue weighted by molar-refractivity contribution is -0.319. The standard InChI is InChI=1S/C27H43NO8/c1-7-28-12-24(13-32-3)9-8-18(34-5)26-16-10-15-17(33-4)11-25(30,19(16)20(15)36-14(2)29)27(31,23(26)28)22(35-6)21(24)26/h15-23,30-31H,7-13H2,1-6H3/t15-,16+,17-,18-,19+,20-,21+,22-,23?,24-,25+,26-,27-/m0/s1. The molecule has 0 radical (unpaired) electrons. The molecule has 0 aromatic heterocycles. The van der Waals surface area contributed by atoms with Gasteiger partial charge >= 0.3 is 5.97 Å². The molecule has 6 fully saturated rings. The Morgan fingerprint density at radius 1 is 1.11 bits per heavy atom. The van der Waals surface area contributed by atoms with Crippen LogP contribution >= 0.6 is 0 Å². The lowest BCUT2D eigenvalue weighted by Crippen LogP contribution is -2.82. The molecule has 2 N–H and O–H groups in total. The molecule has 204 valence electrons. The van der Waals surface area contributed by atoms with Crippen LogP contribution in [0.2, 0.25) is 0 Å². The number of likely N-dealkylation sites (tertiary alicyclic amines) is 1.